The molecule has 2 aliphatic rings. The van der Waals surface area contributed by atoms with Crippen LogP contribution in [0.4, 0.5) is 0 Å². The van der Waals surface area contributed by atoms with Crippen LogP contribution in [-0.4, -0.2) is 61.5 Å². The Morgan fingerprint density at radius 3 is 2.55 bits per heavy atom. The lowest BCUT2D eigenvalue weighted by atomic mass is 9.93. The van der Waals surface area contributed by atoms with Gasteiger partial charge in [-0.3, -0.25) is 14.5 Å². The van der Waals surface area contributed by atoms with E-state index in [1.807, 2.05) is 4.90 Å². The van der Waals surface area contributed by atoms with Crippen LogP contribution in [-0.2, 0) is 14.3 Å². The van der Waals surface area contributed by atoms with E-state index in [0.29, 0.717) is 12.3 Å². The van der Waals surface area contributed by atoms with Gasteiger partial charge >= 0.3 is 5.97 Å². The van der Waals surface area contributed by atoms with Crippen molar-refractivity contribution in [1.29, 1.82) is 0 Å². The minimum absolute atomic E-state index is 0.169. The van der Waals surface area contributed by atoms with E-state index >= 15 is 0 Å². The maximum absolute atomic E-state index is 12.4. The van der Waals surface area contributed by atoms with Gasteiger partial charge in [-0.1, -0.05) is 12.2 Å². The third kappa shape index (κ3) is 4.07. The summed E-state index contributed by atoms with van der Waals surface area (Å²) < 4.78 is 4.64. The highest BCUT2D eigenvalue weighted by Gasteiger charge is 2.27. The van der Waals surface area contributed by atoms with Crippen LogP contribution >= 0.6 is 0 Å². The summed E-state index contributed by atoms with van der Waals surface area (Å²) in [5, 5.41) is 0. The third-order valence-corrected chi connectivity index (χ3v) is 4.16. The summed E-state index contributed by atoms with van der Waals surface area (Å²) in [5.74, 6) is 0.320. The predicted octanol–water partition coefficient (Wildman–Crippen LogP) is 1.05. The molecule has 1 fully saturated rings. The van der Waals surface area contributed by atoms with Gasteiger partial charge in [0.1, 0.15) is 0 Å². The number of carbonyl (C=O) groups is 2. The second-order valence-corrected chi connectivity index (χ2v) is 5.47. The Bertz CT molecular complexity index is 373. The van der Waals surface area contributed by atoms with E-state index in [0.717, 1.165) is 52.0 Å². The first-order valence-corrected chi connectivity index (χ1v) is 7.43. The van der Waals surface area contributed by atoms with E-state index in [1.54, 1.807) is 0 Å². The number of hydrogen-bond acceptors (Lipinski definition) is 4. The second-order valence-electron chi connectivity index (χ2n) is 5.47. The third-order valence-electron chi connectivity index (χ3n) is 4.16. The zero-order chi connectivity index (χ0) is 14.4. The van der Waals surface area contributed by atoms with Crippen molar-refractivity contribution in [3.8, 4) is 0 Å². The topological polar surface area (TPSA) is 49.9 Å². The zero-order valence-corrected chi connectivity index (χ0v) is 12.2. The summed E-state index contributed by atoms with van der Waals surface area (Å²) >= 11 is 0. The zero-order valence-electron chi connectivity index (χ0n) is 12.2. The van der Waals surface area contributed by atoms with E-state index in [1.165, 1.54) is 7.11 Å². The van der Waals surface area contributed by atoms with Gasteiger partial charge in [-0.2, -0.15) is 0 Å². The molecule has 0 aromatic carbocycles. The number of ether oxygens (including phenoxy) is 1. The molecular formula is C15H24N2O3. The molecule has 5 heteroatoms. The molecule has 1 unspecified atom stereocenters. The number of methoxy groups -OCH3 is 1. The van der Waals surface area contributed by atoms with Gasteiger partial charge in [-0.15, -0.1) is 0 Å². The molecule has 5 nitrogen and oxygen atoms in total. The van der Waals surface area contributed by atoms with E-state index in [4.69, 9.17) is 0 Å². The molecule has 1 aliphatic carbocycles. The summed E-state index contributed by atoms with van der Waals surface area (Å²) in [4.78, 5) is 27.7. The monoisotopic (exact) mass is 280 g/mol. The molecule has 112 valence electrons. The van der Waals surface area contributed by atoms with Crippen LogP contribution in [0.2, 0.25) is 0 Å². The fourth-order valence-electron chi connectivity index (χ4n) is 2.82. The standard InChI is InChI=1S/C15H24N2O3/c1-20-14(18)7-8-16-9-11-17(12-10-16)15(19)13-5-3-2-4-6-13/h2-3,13H,4-12H2,1H3. The maximum atomic E-state index is 12.4. The minimum Gasteiger partial charge on any atom is -0.469 e. The Kier molecular flexibility index (Phi) is 5.59. The Hall–Kier alpha value is -1.36. The highest BCUT2D eigenvalue weighted by Crippen LogP contribution is 2.21. The van der Waals surface area contributed by atoms with Crippen LogP contribution in [0.25, 0.3) is 0 Å². The number of carbonyl (C=O) groups excluding carboxylic acids is 2. The summed E-state index contributed by atoms with van der Waals surface area (Å²) in [6, 6.07) is 0. The Balaban J connectivity index is 1.72. The average Bonchev–Trinajstić information content (AvgIpc) is 2.53. The van der Waals surface area contributed by atoms with Crippen LogP contribution < -0.4 is 0 Å². The Morgan fingerprint density at radius 1 is 1.20 bits per heavy atom. The van der Waals surface area contributed by atoms with Crippen LogP contribution in [0.15, 0.2) is 12.2 Å². The molecule has 1 saturated heterocycles. The molecule has 0 N–H and O–H groups in total. The quantitative estimate of drug-likeness (QED) is 0.570. The summed E-state index contributed by atoms with van der Waals surface area (Å²) in [6.45, 7) is 3.98. The van der Waals surface area contributed by atoms with Crippen molar-refractivity contribution in [2.45, 2.75) is 25.7 Å². The Morgan fingerprint density at radius 2 is 1.95 bits per heavy atom. The summed E-state index contributed by atoms with van der Waals surface area (Å²) in [7, 11) is 1.41. The number of esters is 1. The first-order valence-electron chi connectivity index (χ1n) is 7.43. The minimum atomic E-state index is -0.169. The van der Waals surface area contributed by atoms with Gasteiger partial charge in [-0.25, -0.2) is 0 Å². The lowest BCUT2D eigenvalue weighted by molar-refractivity contribution is -0.142. The molecular weight excluding hydrogens is 256 g/mol. The highest BCUT2D eigenvalue weighted by atomic mass is 16.5. The molecule has 0 aromatic rings. The normalized spacial score (nSPS) is 23.6. The van der Waals surface area contributed by atoms with E-state index in [2.05, 4.69) is 21.8 Å². The number of amides is 1. The van der Waals surface area contributed by atoms with Crippen LogP contribution in [0.5, 0.6) is 0 Å². The number of nitrogens with zero attached hydrogens (tertiary/aromatic N) is 2. The molecule has 1 amide bonds. The number of rotatable bonds is 4. The van der Waals surface area contributed by atoms with Gasteiger partial charge in [0, 0.05) is 38.6 Å². The lowest BCUT2D eigenvalue weighted by Gasteiger charge is -2.36. The van der Waals surface area contributed by atoms with E-state index in [-0.39, 0.29) is 11.9 Å². The first kappa shape index (κ1) is 15.0. The molecule has 0 saturated carbocycles. The van der Waals surface area contributed by atoms with Crippen molar-refractivity contribution >= 4 is 11.9 Å². The van der Waals surface area contributed by atoms with Gasteiger partial charge < -0.3 is 9.64 Å². The molecule has 1 heterocycles. The molecule has 0 radical (unpaired) electrons. The second kappa shape index (κ2) is 7.43. The SMILES string of the molecule is COC(=O)CCN1CCN(C(=O)C2CC=CCC2)CC1. The van der Waals surface area contributed by atoms with Crippen molar-refractivity contribution in [2.75, 3.05) is 39.8 Å². The van der Waals surface area contributed by atoms with Crippen LogP contribution in [0, 0.1) is 5.92 Å². The summed E-state index contributed by atoms with van der Waals surface area (Å²) in [6.07, 6.45) is 7.61. The fraction of sp³-hybridized carbons (Fsp3) is 0.733. The van der Waals surface area contributed by atoms with Gasteiger partial charge in [-0.05, 0) is 19.3 Å². The van der Waals surface area contributed by atoms with Crippen molar-refractivity contribution in [1.82, 2.24) is 9.80 Å². The molecule has 2 rings (SSSR count). The smallest absolute Gasteiger partial charge is 0.306 e. The molecule has 0 aromatic heterocycles. The van der Waals surface area contributed by atoms with Crippen LogP contribution in [0.3, 0.4) is 0 Å². The highest BCUT2D eigenvalue weighted by molar-refractivity contribution is 5.79. The maximum Gasteiger partial charge on any atom is 0.306 e. The molecule has 1 aliphatic heterocycles. The Labute approximate surface area is 120 Å². The summed E-state index contributed by atoms with van der Waals surface area (Å²) in [5.41, 5.74) is 0. The van der Waals surface area contributed by atoms with Crippen molar-refractivity contribution < 1.29 is 14.3 Å². The molecule has 0 spiro atoms. The number of hydrogen-bond donors (Lipinski definition) is 0. The number of allylic oxidation sites excluding steroid dienone is 2. The van der Waals surface area contributed by atoms with E-state index in [9.17, 15) is 9.59 Å². The van der Waals surface area contributed by atoms with Gasteiger partial charge in [0.25, 0.3) is 0 Å². The predicted molar refractivity (Wildman–Crippen MR) is 76.1 cm³/mol. The lowest BCUT2D eigenvalue weighted by Crippen LogP contribution is -2.50. The van der Waals surface area contributed by atoms with Gasteiger partial charge in [0.2, 0.25) is 5.91 Å². The van der Waals surface area contributed by atoms with Crippen molar-refractivity contribution in [2.24, 2.45) is 5.92 Å². The average molecular weight is 280 g/mol. The van der Waals surface area contributed by atoms with Gasteiger partial charge in [0.15, 0.2) is 0 Å². The largest absolute Gasteiger partial charge is 0.469 e. The van der Waals surface area contributed by atoms with Crippen molar-refractivity contribution in [3.05, 3.63) is 12.2 Å². The molecule has 0 bridgehead atoms. The van der Waals surface area contributed by atoms with Crippen molar-refractivity contribution in [3.63, 3.8) is 0 Å². The van der Waals surface area contributed by atoms with Gasteiger partial charge in [0.05, 0.1) is 13.5 Å². The number of piperazine rings is 1. The first-order chi connectivity index (χ1) is 9.70. The van der Waals surface area contributed by atoms with Crippen LogP contribution in [0.1, 0.15) is 25.7 Å². The fourth-order valence-corrected chi connectivity index (χ4v) is 2.82. The van der Waals surface area contributed by atoms with E-state index < -0.39 is 0 Å². The molecule has 1 atom stereocenters. The molecule has 20 heavy (non-hydrogen) atoms.